The zero-order valence-corrected chi connectivity index (χ0v) is 19.0. The topological polar surface area (TPSA) is 95.2 Å². The maximum Gasteiger partial charge on any atom is 0.305 e. The van der Waals surface area contributed by atoms with Crippen molar-refractivity contribution in [2.45, 2.75) is 33.1 Å². The van der Waals surface area contributed by atoms with Crippen LogP contribution in [0.15, 0.2) is 34.1 Å². The third kappa shape index (κ3) is 4.96. The molecule has 0 atom stereocenters. The van der Waals surface area contributed by atoms with Crippen molar-refractivity contribution in [1.29, 1.82) is 0 Å². The molecule has 2 aromatic heterocycles. The van der Waals surface area contributed by atoms with Crippen LogP contribution < -0.4 is 10.5 Å². The molecule has 0 saturated carbocycles. The predicted octanol–water partition coefficient (Wildman–Crippen LogP) is 3.00. The number of anilines is 1. The molecular weight excluding hydrogens is 436 g/mol. The van der Waals surface area contributed by atoms with Gasteiger partial charge in [0, 0.05) is 25.8 Å². The number of aromatic nitrogens is 2. The number of pyridine rings is 1. The molecule has 0 aliphatic carbocycles. The van der Waals surface area contributed by atoms with Gasteiger partial charge in [0.15, 0.2) is 0 Å². The zero-order chi connectivity index (χ0) is 22.5. The van der Waals surface area contributed by atoms with E-state index in [9.17, 15) is 14.4 Å². The van der Waals surface area contributed by atoms with E-state index in [1.54, 1.807) is 24.4 Å². The Kier molecular flexibility index (Phi) is 7.45. The molecule has 0 aromatic carbocycles. The Balaban J connectivity index is 2.12. The average molecular weight is 461 g/mol. The van der Waals surface area contributed by atoms with Crippen LogP contribution in [-0.4, -0.2) is 55.2 Å². The van der Waals surface area contributed by atoms with Crippen LogP contribution in [0.1, 0.15) is 38.7 Å². The van der Waals surface area contributed by atoms with Crippen molar-refractivity contribution in [2.24, 2.45) is 0 Å². The number of carbonyl (C=O) groups excluding carboxylic acids is 1. The van der Waals surface area contributed by atoms with Crippen LogP contribution >= 0.6 is 24.0 Å². The molecule has 8 nitrogen and oxygen atoms in total. The first kappa shape index (κ1) is 23.0. The van der Waals surface area contributed by atoms with Crippen molar-refractivity contribution >= 4 is 57.7 Å². The number of carboxylic acids is 1. The van der Waals surface area contributed by atoms with Crippen LogP contribution in [0.25, 0.3) is 11.7 Å². The van der Waals surface area contributed by atoms with E-state index in [2.05, 4.69) is 18.7 Å². The molecule has 3 rings (SSSR count). The Bertz CT molecular complexity index is 1110. The molecule has 0 bridgehead atoms. The quantitative estimate of drug-likeness (QED) is 0.451. The highest BCUT2D eigenvalue weighted by Crippen LogP contribution is 2.33. The number of carbonyl (C=O) groups is 2. The van der Waals surface area contributed by atoms with Crippen LogP contribution in [0, 0.1) is 0 Å². The van der Waals surface area contributed by atoms with E-state index in [4.69, 9.17) is 22.3 Å². The summed E-state index contributed by atoms with van der Waals surface area (Å²) in [6.45, 7) is 5.57. The summed E-state index contributed by atoms with van der Waals surface area (Å²) >= 11 is 6.34. The third-order valence-electron chi connectivity index (χ3n) is 4.73. The second-order valence-corrected chi connectivity index (χ2v) is 8.72. The Labute approximate surface area is 189 Å². The average Bonchev–Trinajstić information content (AvgIpc) is 3.00. The Hall–Kier alpha value is -2.72. The predicted molar refractivity (Wildman–Crippen MR) is 126 cm³/mol. The van der Waals surface area contributed by atoms with E-state index in [0.29, 0.717) is 21.9 Å². The van der Waals surface area contributed by atoms with E-state index in [0.717, 1.165) is 37.7 Å². The zero-order valence-electron chi connectivity index (χ0n) is 17.4. The van der Waals surface area contributed by atoms with E-state index < -0.39 is 11.9 Å². The number of thioether (sulfide) groups is 1. The summed E-state index contributed by atoms with van der Waals surface area (Å²) in [7, 11) is 0. The number of rotatable bonds is 9. The Morgan fingerprint density at radius 1 is 1.26 bits per heavy atom. The highest BCUT2D eigenvalue weighted by molar-refractivity contribution is 8.26. The first-order valence-electron chi connectivity index (χ1n) is 10.1. The van der Waals surface area contributed by atoms with Gasteiger partial charge in [-0.3, -0.25) is 23.7 Å². The lowest BCUT2D eigenvalue weighted by atomic mass is 10.2. The van der Waals surface area contributed by atoms with Crippen molar-refractivity contribution in [3.63, 3.8) is 0 Å². The number of fused-ring (bicyclic) bond motifs is 1. The molecule has 0 unspecified atom stereocenters. The number of carboxylic acid groups (broad SMARTS) is 1. The van der Waals surface area contributed by atoms with E-state index in [1.165, 1.54) is 9.30 Å². The molecule has 164 valence electrons. The molecule has 1 aliphatic heterocycles. The first-order chi connectivity index (χ1) is 14.9. The van der Waals surface area contributed by atoms with Crippen molar-refractivity contribution in [3.8, 4) is 0 Å². The summed E-state index contributed by atoms with van der Waals surface area (Å²) in [4.78, 5) is 45.4. The third-order valence-corrected chi connectivity index (χ3v) is 6.11. The van der Waals surface area contributed by atoms with Gasteiger partial charge in [0.1, 0.15) is 15.8 Å². The minimum Gasteiger partial charge on any atom is -0.481 e. The standard InChI is InChI=1S/C21H24N4O4S2/c1-3-9-23(10-4-2)18-14(19(28)24-11-6-5-7-16(24)22-18)13-15-20(29)25(21(30)31-15)12-8-17(26)27/h5-7,11,13H,3-4,8-10,12H2,1-2H3,(H,26,27)/b15-13-. The van der Waals surface area contributed by atoms with Crippen LogP contribution in [0.3, 0.4) is 0 Å². The molecule has 1 saturated heterocycles. The van der Waals surface area contributed by atoms with Crippen molar-refractivity contribution in [1.82, 2.24) is 14.3 Å². The van der Waals surface area contributed by atoms with Gasteiger partial charge >= 0.3 is 5.97 Å². The molecule has 0 radical (unpaired) electrons. The molecule has 10 heteroatoms. The summed E-state index contributed by atoms with van der Waals surface area (Å²) in [5, 5.41) is 8.92. The van der Waals surface area contributed by atoms with Gasteiger partial charge in [-0.2, -0.15) is 0 Å². The van der Waals surface area contributed by atoms with Gasteiger partial charge in [0.05, 0.1) is 16.9 Å². The molecule has 0 spiro atoms. The fourth-order valence-corrected chi connectivity index (χ4v) is 4.64. The summed E-state index contributed by atoms with van der Waals surface area (Å²) in [6, 6.07) is 5.35. The molecular formula is C21H24N4O4S2. The molecule has 1 aliphatic rings. The fourth-order valence-electron chi connectivity index (χ4n) is 3.35. The largest absolute Gasteiger partial charge is 0.481 e. The van der Waals surface area contributed by atoms with E-state index >= 15 is 0 Å². The lowest BCUT2D eigenvalue weighted by molar-refractivity contribution is -0.137. The van der Waals surface area contributed by atoms with Gasteiger partial charge in [-0.1, -0.05) is 43.9 Å². The monoisotopic (exact) mass is 460 g/mol. The minimum atomic E-state index is -1.01. The lowest BCUT2D eigenvalue weighted by Crippen LogP contribution is -2.31. The highest BCUT2D eigenvalue weighted by Gasteiger charge is 2.33. The number of thiocarbonyl (C=S) groups is 1. The van der Waals surface area contributed by atoms with E-state index in [-0.39, 0.29) is 22.8 Å². The molecule has 1 fully saturated rings. The number of hydrogen-bond acceptors (Lipinski definition) is 7. The summed E-state index contributed by atoms with van der Waals surface area (Å²) < 4.78 is 1.74. The van der Waals surface area contributed by atoms with Crippen molar-refractivity contribution in [3.05, 3.63) is 45.2 Å². The smallest absolute Gasteiger partial charge is 0.305 e. The van der Waals surface area contributed by atoms with Gasteiger partial charge in [-0.25, -0.2) is 4.98 Å². The highest BCUT2D eigenvalue weighted by atomic mass is 32.2. The van der Waals surface area contributed by atoms with Gasteiger partial charge in [-0.05, 0) is 31.1 Å². The second-order valence-electron chi connectivity index (χ2n) is 7.05. The molecule has 31 heavy (non-hydrogen) atoms. The second kappa shape index (κ2) is 10.1. The summed E-state index contributed by atoms with van der Waals surface area (Å²) in [6.07, 6.45) is 4.75. The Morgan fingerprint density at radius 2 is 1.97 bits per heavy atom. The minimum absolute atomic E-state index is 0.00303. The SMILES string of the molecule is CCCN(CCC)c1nc2ccccn2c(=O)c1/C=C1\SC(=S)N(CCC(=O)O)C1=O. The molecule has 2 aromatic rings. The number of amides is 1. The van der Waals surface area contributed by atoms with Crippen molar-refractivity contribution in [2.75, 3.05) is 24.5 Å². The van der Waals surface area contributed by atoms with E-state index in [1.807, 2.05) is 6.07 Å². The number of aliphatic carboxylic acids is 1. The van der Waals surface area contributed by atoms with Gasteiger partial charge in [-0.15, -0.1) is 0 Å². The molecule has 1 amide bonds. The van der Waals surface area contributed by atoms with Crippen LogP contribution in [0.5, 0.6) is 0 Å². The first-order valence-corrected chi connectivity index (χ1v) is 11.3. The van der Waals surface area contributed by atoms with Crippen LogP contribution in [0.4, 0.5) is 5.82 Å². The number of nitrogens with zero attached hydrogens (tertiary/aromatic N) is 4. The van der Waals surface area contributed by atoms with Crippen LogP contribution in [-0.2, 0) is 9.59 Å². The normalized spacial score (nSPS) is 15.3. The summed E-state index contributed by atoms with van der Waals surface area (Å²) in [5.74, 6) is -0.861. The van der Waals surface area contributed by atoms with Crippen LogP contribution in [0.2, 0.25) is 0 Å². The maximum absolute atomic E-state index is 13.3. The molecule has 1 N–H and O–H groups in total. The van der Waals surface area contributed by atoms with Crippen molar-refractivity contribution < 1.29 is 14.7 Å². The van der Waals surface area contributed by atoms with Gasteiger partial charge in [0.2, 0.25) is 0 Å². The molecule has 3 heterocycles. The Morgan fingerprint density at radius 3 is 2.61 bits per heavy atom. The fraction of sp³-hybridized carbons (Fsp3) is 0.381. The van der Waals surface area contributed by atoms with Gasteiger partial charge in [0.25, 0.3) is 11.5 Å². The maximum atomic E-state index is 13.3. The van der Waals surface area contributed by atoms with Gasteiger partial charge < -0.3 is 10.0 Å². The summed E-state index contributed by atoms with van der Waals surface area (Å²) in [5.41, 5.74) is 0.587. The lowest BCUT2D eigenvalue weighted by Gasteiger charge is -2.24. The number of hydrogen-bond donors (Lipinski definition) is 1.